The van der Waals surface area contributed by atoms with E-state index in [4.69, 9.17) is 0 Å². The number of piperidine rings is 1. The second kappa shape index (κ2) is 9.34. The van der Waals surface area contributed by atoms with Gasteiger partial charge < -0.3 is 10.0 Å². The van der Waals surface area contributed by atoms with Crippen molar-refractivity contribution in [2.75, 3.05) is 28.8 Å². The largest absolute Gasteiger partial charge is 0.506 e. The quantitative estimate of drug-likeness (QED) is 0.596. The molecule has 0 saturated carbocycles. The number of anilines is 2. The Morgan fingerprint density at radius 2 is 1.56 bits per heavy atom. The number of benzene rings is 2. The zero-order chi connectivity index (χ0) is 23.8. The van der Waals surface area contributed by atoms with Crippen molar-refractivity contribution in [3.63, 3.8) is 0 Å². The lowest BCUT2D eigenvalue weighted by Gasteiger charge is -2.35. The first-order chi connectivity index (χ1) is 14.9. The number of hydrogen-bond donors (Lipinski definition) is 1. The van der Waals surface area contributed by atoms with Gasteiger partial charge in [-0.25, -0.2) is 8.42 Å². The smallest absolute Gasteiger partial charge is 0.268 e. The highest BCUT2D eigenvalue weighted by molar-refractivity contribution is 7.93. The molecule has 0 aliphatic carbocycles. The van der Waals surface area contributed by atoms with Gasteiger partial charge in [0.25, 0.3) is 10.0 Å². The number of phenols is 1. The minimum absolute atomic E-state index is 0.0189. The average Bonchev–Trinajstić information content (AvgIpc) is 2.70. The number of sulfonamides is 1. The van der Waals surface area contributed by atoms with Gasteiger partial charge in [0.2, 0.25) is 0 Å². The third-order valence-electron chi connectivity index (χ3n) is 6.32. The van der Waals surface area contributed by atoms with Crippen LogP contribution in [-0.4, -0.2) is 33.2 Å². The molecule has 2 aromatic carbocycles. The molecule has 1 saturated heterocycles. The van der Waals surface area contributed by atoms with Crippen LogP contribution in [0.15, 0.2) is 23.1 Å². The van der Waals surface area contributed by atoms with Gasteiger partial charge in [0.1, 0.15) is 10.6 Å². The SMILES string of the molecule is Cc1cc(C)c(O)c(S(=O)(=O)N(CC(C)C)c2c(C)cc(C)c(N3CCCCC3)c2C)c1. The molecule has 1 aliphatic rings. The normalized spacial score (nSPS) is 14.8. The highest BCUT2D eigenvalue weighted by atomic mass is 32.2. The zero-order valence-corrected chi connectivity index (χ0v) is 21.4. The summed E-state index contributed by atoms with van der Waals surface area (Å²) in [5.41, 5.74) is 6.39. The number of hydrogen-bond acceptors (Lipinski definition) is 4. The van der Waals surface area contributed by atoms with Crippen LogP contribution in [0, 0.1) is 40.5 Å². The van der Waals surface area contributed by atoms with Gasteiger partial charge in [-0.15, -0.1) is 0 Å². The zero-order valence-electron chi connectivity index (χ0n) is 20.6. The maximum atomic E-state index is 14.0. The van der Waals surface area contributed by atoms with Gasteiger partial charge in [0, 0.05) is 25.3 Å². The lowest BCUT2D eigenvalue weighted by molar-refractivity contribution is 0.453. The highest BCUT2D eigenvalue weighted by Gasteiger charge is 2.32. The monoisotopic (exact) mass is 458 g/mol. The van der Waals surface area contributed by atoms with E-state index >= 15 is 0 Å². The van der Waals surface area contributed by atoms with Crippen LogP contribution >= 0.6 is 0 Å². The summed E-state index contributed by atoms with van der Waals surface area (Å²) in [7, 11) is -3.97. The first-order valence-electron chi connectivity index (χ1n) is 11.6. The molecule has 0 unspecified atom stereocenters. The van der Waals surface area contributed by atoms with Crippen molar-refractivity contribution in [2.24, 2.45) is 5.92 Å². The van der Waals surface area contributed by atoms with Gasteiger partial charge in [0.05, 0.1) is 5.69 Å². The van der Waals surface area contributed by atoms with Crippen LogP contribution in [0.3, 0.4) is 0 Å². The summed E-state index contributed by atoms with van der Waals surface area (Å²) in [5.74, 6) is -0.0422. The van der Waals surface area contributed by atoms with E-state index in [1.165, 1.54) is 16.3 Å². The van der Waals surface area contributed by atoms with E-state index in [9.17, 15) is 13.5 Å². The Morgan fingerprint density at radius 3 is 2.16 bits per heavy atom. The molecule has 0 aromatic heterocycles. The van der Waals surface area contributed by atoms with Crippen molar-refractivity contribution < 1.29 is 13.5 Å². The minimum Gasteiger partial charge on any atom is -0.506 e. The molecule has 1 aliphatic heterocycles. The third-order valence-corrected chi connectivity index (χ3v) is 8.10. The van der Waals surface area contributed by atoms with Gasteiger partial charge in [0.15, 0.2) is 0 Å². The Labute approximate surface area is 194 Å². The van der Waals surface area contributed by atoms with Crippen LogP contribution in [0.1, 0.15) is 60.9 Å². The molecule has 1 fully saturated rings. The van der Waals surface area contributed by atoms with Crippen LogP contribution in [0.25, 0.3) is 0 Å². The lowest BCUT2D eigenvalue weighted by Crippen LogP contribution is -2.37. The second-order valence-electron chi connectivity index (χ2n) is 9.74. The van der Waals surface area contributed by atoms with E-state index < -0.39 is 10.0 Å². The topological polar surface area (TPSA) is 60.9 Å². The van der Waals surface area contributed by atoms with Crippen molar-refractivity contribution in [1.82, 2.24) is 0 Å². The van der Waals surface area contributed by atoms with E-state index in [1.807, 2.05) is 34.6 Å². The summed E-state index contributed by atoms with van der Waals surface area (Å²) < 4.78 is 29.6. The van der Waals surface area contributed by atoms with E-state index in [1.54, 1.807) is 19.1 Å². The Morgan fingerprint density at radius 1 is 0.938 bits per heavy atom. The lowest BCUT2D eigenvalue weighted by atomic mass is 9.98. The van der Waals surface area contributed by atoms with Gasteiger partial charge in [-0.3, -0.25) is 4.31 Å². The summed E-state index contributed by atoms with van der Waals surface area (Å²) in [6.07, 6.45) is 3.56. The minimum atomic E-state index is -3.97. The molecule has 0 bridgehead atoms. The Kier molecular flexibility index (Phi) is 7.13. The Hall–Kier alpha value is -2.21. The molecule has 3 rings (SSSR count). The highest BCUT2D eigenvalue weighted by Crippen LogP contribution is 2.41. The number of nitrogens with zero attached hydrogens (tertiary/aromatic N) is 2. The fraction of sp³-hybridized carbons (Fsp3) is 0.538. The van der Waals surface area contributed by atoms with Gasteiger partial charge in [-0.2, -0.15) is 0 Å². The van der Waals surface area contributed by atoms with Crippen LogP contribution < -0.4 is 9.21 Å². The van der Waals surface area contributed by atoms with Crippen molar-refractivity contribution in [3.05, 3.63) is 46.0 Å². The van der Waals surface area contributed by atoms with Gasteiger partial charge >= 0.3 is 0 Å². The molecule has 0 spiro atoms. The van der Waals surface area contributed by atoms with E-state index in [0.717, 1.165) is 54.0 Å². The van der Waals surface area contributed by atoms with Crippen LogP contribution in [-0.2, 0) is 10.0 Å². The fourth-order valence-electron chi connectivity index (χ4n) is 5.03. The molecule has 32 heavy (non-hydrogen) atoms. The number of rotatable bonds is 6. The first-order valence-corrected chi connectivity index (χ1v) is 13.1. The summed E-state index contributed by atoms with van der Waals surface area (Å²) in [6, 6.07) is 5.49. The van der Waals surface area contributed by atoms with Crippen molar-refractivity contribution >= 4 is 21.4 Å². The molecule has 176 valence electrons. The first kappa shape index (κ1) is 24.4. The van der Waals surface area contributed by atoms with Gasteiger partial charge in [-0.1, -0.05) is 26.0 Å². The predicted octanol–water partition coefficient (Wildman–Crippen LogP) is 5.78. The molecule has 0 radical (unpaired) electrons. The van der Waals surface area contributed by atoms with Crippen LogP contribution in [0.4, 0.5) is 11.4 Å². The molecule has 2 aromatic rings. The number of aromatic hydroxyl groups is 1. The number of phenolic OH excluding ortho intramolecular Hbond substituents is 1. The van der Waals surface area contributed by atoms with Crippen LogP contribution in [0.5, 0.6) is 5.75 Å². The van der Waals surface area contributed by atoms with E-state index in [0.29, 0.717) is 12.1 Å². The maximum absolute atomic E-state index is 14.0. The fourth-order valence-corrected chi connectivity index (χ4v) is 7.02. The maximum Gasteiger partial charge on any atom is 0.268 e. The van der Waals surface area contributed by atoms with Crippen molar-refractivity contribution in [1.29, 1.82) is 0 Å². The van der Waals surface area contributed by atoms with Crippen LogP contribution in [0.2, 0.25) is 0 Å². The second-order valence-corrected chi connectivity index (χ2v) is 11.6. The van der Waals surface area contributed by atoms with E-state index in [-0.39, 0.29) is 16.6 Å². The molecule has 0 atom stereocenters. The average molecular weight is 459 g/mol. The summed E-state index contributed by atoms with van der Waals surface area (Å²) >= 11 is 0. The Bertz CT molecular complexity index is 1100. The summed E-state index contributed by atoms with van der Waals surface area (Å²) in [4.78, 5) is 2.39. The van der Waals surface area contributed by atoms with Crippen molar-refractivity contribution in [3.8, 4) is 5.75 Å². The molecular weight excluding hydrogens is 420 g/mol. The standard InChI is InChI=1S/C26H38N2O3S/c1-17(2)16-28(32(30,31)23-14-18(3)13-21(6)26(23)29)25-20(5)15-19(4)24(22(25)7)27-11-9-8-10-12-27/h13-15,17,29H,8-12,16H2,1-7H3. The molecule has 1 N–H and O–H groups in total. The van der Waals surface area contributed by atoms with E-state index in [2.05, 4.69) is 17.9 Å². The summed E-state index contributed by atoms with van der Waals surface area (Å²) in [5, 5.41) is 10.7. The van der Waals surface area contributed by atoms with Gasteiger partial charge in [-0.05, 0) is 93.7 Å². The molecule has 0 amide bonds. The number of aryl methyl sites for hydroxylation is 4. The predicted molar refractivity (Wildman–Crippen MR) is 134 cm³/mol. The molecular formula is C26H38N2O3S. The summed E-state index contributed by atoms with van der Waals surface area (Å²) in [6.45, 7) is 16.1. The molecule has 6 heteroatoms. The Balaban J connectivity index is 2.25. The molecule has 1 heterocycles. The molecule has 5 nitrogen and oxygen atoms in total. The third kappa shape index (κ3) is 4.61. The van der Waals surface area contributed by atoms with Crippen molar-refractivity contribution in [2.45, 2.75) is 72.6 Å².